The van der Waals surface area contributed by atoms with E-state index in [-0.39, 0.29) is 12.2 Å². The summed E-state index contributed by atoms with van der Waals surface area (Å²) in [4.78, 5) is 0. The molecular formula is C14H17FO3. The van der Waals surface area contributed by atoms with Crippen LogP contribution in [0.15, 0.2) is 18.2 Å². The van der Waals surface area contributed by atoms with E-state index < -0.39 is 5.82 Å². The molecule has 0 amide bonds. The molecule has 18 heavy (non-hydrogen) atoms. The van der Waals surface area contributed by atoms with Crippen molar-refractivity contribution >= 4 is 0 Å². The molecular weight excluding hydrogens is 235 g/mol. The highest BCUT2D eigenvalue weighted by molar-refractivity contribution is 5.39. The van der Waals surface area contributed by atoms with Crippen molar-refractivity contribution in [2.45, 2.75) is 13.3 Å². The van der Waals surface area contributed by atoms with Gasteiger partial charge in [0, 0.05) is 12.7 Å². The van der Waals surface area contributed by atoms with Gasteiger partial charge in [0.25, 0.3) is 0 Å². The third-order valence-corrected chi connectivity index (χ3v) is 2.09. The van der Waals surface area contributed by atoms with E-state index in [0.29, 0.717) is 25.6 Å². The van der Waals surface area contributed by atoms with Crippen LogP contribution in [-0.2, 0) is 4.74 Å². The van der Waals surface area contributed by atoms with Crippen molar-refractivity contribution in [3.05, 3.63) is 29.6 Å². The number of aliphatic hydroxyl groups excluding tert-OH is 1. The van der Waals surface area contributed by atoms with Crippen molar-refractivity contribution in [2.75, 3.05) is 26.4 Å². The molecule has 4 heteroatoms. The molecule has 0 aliphatic carbocycles. The van der Waals surface area contributed by atoms with E-state index in [4.69, 9.17) is 14.6 Å². The zero-order valence-corrected chi connectivity index (χ0v) is 10.4. The normalized spacial score (nSPS) is 9.72. The van der Waals surface area contributed by atoms with Gasteiger partial charge < -0.3 is 14.6 Å². The molecule has 0 saturated heterocycles. The Morgan fingerprint density at radius 3 is 2.78 bits per heavy atom. The Morgan fingerprint density at radius 1 is 1.28 bits per heavy atom. The Balaban J connectivity index is 2.46. The molecule has 98 valence electrons. The lowest BCUT2D eigenvalue weighted by Crippen LogP contribution is -2.07. The second kappa shape index (κ2) is 8.51. The van der Waals surface area contributed by atoms with Gasteiger partial charge in [0.1, 0.15) is 24.8 Å². The first kappa shape index (κ1) is 14.5. The third-order valence-electron chi connectivity index (χ3n) is 2.09. The summed E-state index contributed by atoms with van der Waals surface area (Å²) in [6, 6.07) is 4.45. The van der Waals surface area contributed by atoms with Gasteiger partial charge in [-0.25, -0.2) is 4.39 Å². The second-order valence-corrected chi connectivity index (χ2v) is 3.56. The lowest BCUT2D eigenvalue weighted by molar-refractivity contribution is 0.100. The van der Waals surface area contributed by atoms with Gasteiger partial charge in [-0.3, -0.25) is 0 Å². The van der Waals surface area contributed by atoms with Crippen LogP contribution in [-0.4, -0.2) is 31.5 Å². The van der Waals surface area contributed by atoms with Crippen LogP contribution in [0.4, 0.5) is 4.39 Å². The smallest absolute Gasteiger partial charge is 0.142 e. The standard InChI is InChI=1S/C14H17FO3/c1-2-8-17-9-10-18-13-6-5-12(4-3-7-16)14(15)11-13/h5-6,11,16H,2,7-10H2,1H3. The van der Waals surface area contributed by atoms with Crippen molar-refractivity contribution in [3.63, 3.8) is 0 Å². The summed E-state index contributed by atoms with van der Waals surface area (Å²) >= 11 is 0. The highest BCUT2D eigenvalue weighted by Crippen LogP contribution is 2.15. The maximum atomic E-state index is 13.5. The van der Waals surface area contributed by atoms with Gasteiger partial charge in [0.15, 0.2) is 0 Å². The number of rotatable bonds is 6. The molecule has 0 radical (unpaired) electrons. The SMILES string of the molecule is CCCOCCOc1ccc(C#CCO)c(F)c1. The van der Waals surface area contributed by atoms with Crippen LogP contribution >= 0.6 is 0 Å². The summed E-state index contributed by atoms with van der Waals surface area (Å²) in [7, 11) is 0. The Labute approximate surface area is 107 Å². The molecule has 0 atom stereocenters. The molecule has 0 aromatic heterocycles. The number of hydrogen-bond donors (Lipinski definition) is 1. The fraction of sp³-hybridized carbons (Fsp3) is 0.429. The molecule has 3 nitrogen and oxygen atoms in total. The van der Waals surface area contributed by atoms with Gasteiger partial charge in [0.05, 0.1) is 12.2 Å². The Morgan fingerprint density at radius 2 is 2.11 bits per heavy atom. The van der Waals surface area contributed by atoms with Gasteiger partial charge in [-0.2, -0.15) is 0 Å². The Kier molecular flexibility index (Phi) is 6.85. The predicted molar refractivity (Wildman–Crippen MR) is 67.0 cm³/mol. The summed E-state index contributed by atoms with van der Waals surface area (Å²) in [5, 5.41) is 8.53. The molecule has 1 aromatic rings. The molecule has 0 heterocycles. The van der Waals surface area contributed by atoms with Crippen molar-refractivity contribution < 1.29 is 19.0 Å². The van der Waals surface area contributed by atoms with Crippen molar-refractivity contribution in [1.29, 1.82) is 0 Å². The zero-order valence-electron chi connectivity index (χ0n) is 10.4. The summed E-state index contributed by atoms with van der Waals surface area (Å²) in [6.45, 7) is 3.32. The van der Waals surface area contributed by atoms with Crippen LogP contribution in [0.1, 0.15) is 18.9 Å². The largest absolute Gasteiger partial charge is 0.491 e. The van der Waals surface area contributed by atoms with Gasteiger partial charge in [-0.15, -0.1) is 0 Å². The van der Waals surface area contributed by atoms with Crippen LogP contribution in [0.25, 0.3) is 0 Å². The fourth-order valence-electron chi connectivity index (χ4n) is 1.29. The molecule has 1 rings (SSSR count). The first-order valence-electron chi connectivity index (χ1n) is 5.87. The Hall–Kier alpha value is -1.57. The summed E-state index contributed by atoms with van der Waals surface area (Å²) < 4.78 is 24.1. The van der Waals surface area contributed by atoms with E-state index in [1.807, 2.05) is 6.92 Å². The summed E-state index contributed by atoms with van der Waals surface area (Å²) in [6.07, 6.45) is 0.965. The molecule has 0 unspecified atom stereocenters. The minimum Gasteiger partial charge on any atom is -0.491 e. The zero-order chi connectivity index (χ0) is 13.2. The lowest BCUT2D eigenvalue weighted by Gasteiger charge is -2.07. The van der Waals surface area contributed by atoms with E-state index in [1.54, 1.807) is 6.07 Å². The lowest BCUT2D eigenvalue weighted by atomic mass is 10.2. The summed E-state index contributed by atoms with van der Waals surface area (Å²) in [5.74, 6) is 4.91. The predicted octanol–water partition coefficient (Wildman–Crippen LogP) is 1.97. The molecule has 0 bridgehead atoms. The van der Waals surface area contributed by atoms with Crippen LogP contribution in [0, 0.1) is 17.7 Å². The fourth-order valence-corrected chi connectivity index (χ4v) is 1.29. The minimum absolute atomic E-state index is 0.249. The average Bonchev–Trinajstić information content (AvgIpc) is 2.37. The van der Waals surface area contributed by atoms with E-state index in [1.165, 1.54) is 12.1 Å². The number of halogens is 1. The maximum Gasteiger partial charge on any atom is 0.142 e. The van der Waals surface area contributed by atoms with E-state index in [0.717, 1.165) is 6.42 Å². The quantitative estimate of drug-likeness (QED) is 0.621. The van der Waals surface area contributed by atoms with Crippen molar-refractivity contribution in [3.8, 4) is 17.6 Å². The van der Waals surface area contributed by atoms with Crippen molar-refractivity contribution in [1.82, 2.24) is 0 Å². The van der Waals surface area contributed by atoms with Gasteiger partial charge >= 0.3 is 0 Å². The van der Waals surface area contributed by atoms with Crippen LogP contribution in [0.3, 0.4) is 0 Å². The average molecular weight is 252 g/mol. The number of benzene rings is 1. The molecule has 0 spiro atoms. The molecule has 0 saturated carbocycles. The maximum absolute atomic E-state index is 13.5. The number of ether oxygens (including phenoxy) is 2. The highest BCUT2D eigenvalue weighted by atomic mass is 19.1. The van der Waals surface area contributed by atoms with Gasteiger partial charge in [-0.05, 0) is 18.6 Å². The highest BCUT2D eigenvalue weighted by Gasteiger charge is 2.02. The minimum atomic E-state index is -0.456. The number of aliphatic hydroxyl groups is 1. The Bertz CT molecular complexity index is 421. The molecule has 1 N–H and O–H groups in total. The van der Waals surface area contributed by atoms with E-state index in [2.05, 4.69) is 11.8 Å². The van der Waals surface area contributed by atoms with Gasteiger partial charge in [0.2, 0.25) is 0 Å². The third kappa shape index (κ3) is 5.17. The molecule has 0 fully saturated rings. The molecule has 0 aliphatic heterocycles. The van der Waals surface area contributed by atoms with E-state index in [9.17, 15) is 4.39 Å². The second-order valence-electron chi connectivity index (χ2n) is 3.56. The first-order chi connectivity index (χ1) is 8.77. The first-order valence-corrected chi connectivity index (χ1v) is 5.87. The number of hydrogen-bond acceptors (Lipinski definition) is 3. The van der Waals surface area contributed by atoms with E-state index >= 15 is 0 Å². The summed E-state index contributed by atoms with van der Waals surface area (Å²) in [5.41, 5.74) is 0.249. The van der Waals surface area contributed by atoms with Crippen LogP contribution in [0.2, 0.25) is 0 Å². The van der Waals surface area contributed by atoms with Gasteiger partial charge in [-0.1, -0.05) is 18.8 Å². The molecule has 0 aliphatic rings. The van der Waals surface area contributed by atoms with Crippen molar-refractivity contribution in [2.24, 2.45) is 0 Å². The van der Waals surface area contributed by atoms with Crippen LogP contribution in [0.5, 0.6) is 5.75 Å². The molecule has 1 aromatic carbocycles. The van der Waals surface area contributed by atoms with Crippen LogP contribution < -0.4 is 4.74 Å². The monoisotopic (exact) mass is 252 g/mol. The topological polar surface area (TPSA) is 38.7 Å².